The largest absolute Gasteiger partial charge is 0.349 e. The molecular formula is C24H23BrFN3O2. The van der Waals surface area contributed by atoms with Gasteiger partial charge in [-0.25, -0.2) is 9.37 Å². The van der Waals surface area contributed by atoms with E-state index in [4.69, 9.17) is 0 Å². The van der Waals surface area contributed by atoms with Gasteiger partial charge in [-0.1, -0.05) is 18.6 Å². The Bertz CT molecular complexity index is 1240. The molecule has 2 aromatic heterocycles. The molecule has 0 saturated heterocycles. The van der Waals surface area contributed by atoms with E-state index in [0.717, 1.165) is 28.3 Å². The van der Waals surface area contributed by atoms with Crippen LogP contribution < -0.4 is 10.9 Å². The van der Waals surface area contributed by atoms with E-state index < -0.39 is 0 Å². The molecule has 2 saturated carbocycles. The summed E-state index contributed by atoms with van der Waals surface area (Å²) in [6, 6.07) is 8.01. The second kappa shape index (κ2) is 7.55. The van der Waals surface area contributed by atoms with Crippen LogP contribution in [0.15, 0.2) is 45.8 Å². The molecule has 160 valence electrons. The van der Waals surface area contributed by atoms with Crippen LogP contribution in [0.3, 0.4) is 0 Å². The number of nitrogens with zero attached hydrogens (tertiary/aromatic N) is 2. The molecule has 7 heteroatoms. The molecule has 1 aromatic carbocycles. The van der Waals surface area contributed by atoms with E-state index in [2.05, 4.69) is 26.2 Å². The molecule has 1 amide bonds. The highest BCUT2D eigenvalue weighted by Gasteiger charge is 2.48. The fraction of sp³-hybridized carbons (Fsp3) is 0.375. The molecule has 1 N–H and O–H groups in total. The monoisotopic (exact) mass is 483 g/mol. The van der Waals surface area contributed by atoms with Crippen molar-refractivity contribution in [2.75, 3.05) is 0 Å². The van der Waals surface area contributed by atoms with E-state index in [9.17, 15) is 14.0 Å². The van der Waals surface area contributed by atoms with E-state index in [1.165, 1.54) is 36.0 Å². The van der Waals surface area contributed by atoms with Gasteiger partial charge in [0.25, 0.3) is 11.5 Å². The van der Waals surface area contributed by atoms with Crippen LogP contribution in [0.4, 0.5) is 4.39 Å². The summed E-state index contributed by atoms with van der Waals surface area (Å²) in [7, 11) is 0. The predicted molar refractivity (Wildman–Crippen MR) is 121 cm³/mol. The van der Waals surface area contributed by atoms with Crippen molar-refractivity contribution in [1.82, 2.24) is 14.9 Å². The van der Waals surface area contributed by atoms with Crippen LogP contribution in [-0.2, 0) is 6.54 Å². The molecule has 0 aliphatic heterocycles. The number of hydrogen-bond donors (Lipinski definition) is 1. The van der Waals surface area contributed by atoms with E-state index in [1.54, 1.807) is 25.3 Å². The molecule has 2 heterocycles. The van der Waals surface area contributed by atoms with Crippen molar-refractivity contribution < 1.29 is 9.18 Å². The number of benzene rings is 1. The molecule has 2 aliphatic carbocycles. The molecule has 2 fully saturated rings. The minimum absolute atomic E-state index is 0.133. The number of carbonyl (C=O) groups is 1. The van der Waals surface area contributed by atoms with Gasteiger partial charge in [0.2, 0.25) is 0 Å². The molecule has 0 bridgehead atoms. The first-order chi connectivity index (χ1) is 14.8. The van der Waals surface area contributed by atoms with Gasteiger partial charge < -0.3 is 5.32 Å². The highest BCUT2D eigenvalue weighted by Crippen LogP contribution is 2.55. The van der Waals surface area contributed by atoms with E-state index in [0.29, 0.717) is 16.6 Å². The van der Waals surface area contributed by atoms with Crippen LogP contribution in [0.5, 0.6) is 0 Å². The summed E-state index contributed by atoms with van der Waals surface area (Å²) in [5.41, 5.74) is 2.11. The second-order valence-electron chi connectivity index (χ2n) is 8.97. The molecule has 0 atom stereocenters. The molecule has 5 nitrogen and oxygen atoms in total. The van der Waals surface area contributed by atoms with Gasteiger partial charge >= 0.3 is 0 Å². The van der Waals surface area contributed by atoms with Gasteiger partial charge in [0.05, 0.1) is 6.54 Å². The van der Waals surface area contributed by atoms with E-state index in [-0.39, 0.29) is 35.4 Å². The third-order valence-corrected chi connectivity index (χ3v) is 7.35. The number of rotatable bonds is 4. The zero-order valence-corrected chi connectivity index (χ0v) is 18.8. The van der Waals surface area contributed by atoms with Crippen molar-refractivity contribution in [3.05, 3.63) is 73.9 Å². The summed E-state index contributed by atoms with van der Waals surface area (Å²) >= 11 is 3.44. The van der Waals surface area contributed by atoms with Crippen molar-refractivity contribution in [2.45, 2.75) is 51.6 Å². The molecule has 1 spiro atoms. The topological polar surface area (TPSA) is 64.0 Å². The summed E-state index contributed by atoms with van der Waals surface area (Å²) in [4.78, 5) is 31.1. The maximum Gasteiger partial charge on any atom is 0.265 e. The first-order valence-corrected chi connectivity index (χ1v) is 11.4. The number of pyridine rings is 2. The average Bonchev–Trinajstić information content (AvgIpc) is 2.68. The number of hydrogen-bond acceptors (Lipinski definition) is 3. The van der Waals surface area contributed by atoms with E-state index >= 15 is 0 Å². The van der Waals surface area contributed by atoms with Gasteiger partial charge in [-0.15, -0.1) is 0 Å². The Morgan fingerprint density at radius 3 is 2.65 bits per heavy atom. The minimum atomic E-state index is -0.376. The van der Waals surface area contributed by atoms with Gasteiger partial charge in [0.1, 0.15) is 17.0 Å². The van der Waals surface area contributed by atoms with Crippen LogP contribution in [-0.4, -0.2) is 21.5 Å². The summed E-state index contributed by atoms with van der Waals surface area (Å²) in [5.74, 6) is -0.659. The Kier molecular flexibility index (Phi) is 4.96. The van der Waals surface area contributed by atoms with Gasteiger partial charge in [-0.05, 0) is 83.3 Å². The molecule has 31 heavy (non-hydrogen) atoms. The number of carbonyl (C=O) groups excluding carboxylic acids is 1. The highest BCUT2D eigenvalue weighted by atomic mass is 79.9. The normalized spacial score (nSPS) is 17.4. The van der Waals surface area contributed by atoms with Gasteiger partial charge in [-0.3, -0.25) is 14.2 Å². The number of halogens is 2. The second-order valence-corrected chi connectivity index (χ2v) is 9.89. The predicted octanol–water partition coefficient (Wildman–Crippen LogP) is 4.72. The van der Waals surface area contributed by atoms with Gasteiger partial charge in [0.15, 0.2) is 0 Å². The third kappa shape index (κ3) is 3.59. The Hall–Kier alpha value is -2.54. The molecule has 5 rings (SSSR count). The minimum Gasteiger partial charge on any atom is -0.349 e. The van der Waals surface area contributed by atoms with Crippen LogP contribution in [0.1, 0.15) is 53.6 Å². The number of aryl methyl sites for hydroxylation is 1. The molecule has 0 radical (unpaired) electrons. The van der Waals surface area contributed by atoms with Crippen molar-refractivity contribution in [3.63, 3.8) is 0 Å². The number of nitrogens with one attached hydrogen (secondary N) is 1. The number of aromatic nitrogens is 2. The maximum absolute atomic E-state index is 13.5. The molecule has 0 unspecified atom stereocenters. The number of fused-ring (bicyclic) bond motifs is 1. The van der Waals surface area contributed by atoms with Crippen molar-refractivity contribution in [3.8, 4) is 0 Å². The number of amides is 1. The Balaban J connectivity index is 1.54. The lowest BCUT2D eigenvalue weighted by molar-refractivity contribution is -0.000658. The first kappa shape index (κ1) is 20.4. The van der Waals surface area contributed by atoms with Crippen LogP contribution in [0.2, 0.25) is 0 Å². The summed E-state index contributed by atoms with van der Waals surface area (Å²) in [6.07, 6.45) is 7.41. The van der Waals surface area contributed by atoms with Gasteiger partial charge in [-0.2, -0.15) is 0 Å². The standard InChI is InChI=1S/C24H23BrFN3O2/c1-14-19-9-16(25)12-27-21(19)29(13-15-3-5-17(26)6-4-15)23(31)20(14)22(30)28-18-10-24(11-18)7-2-8-24/h3-6,9,12,18H,2,7-8,10-11,13H2,1H3,(H,28,30). The summed E-state index contributed by atoms with van der Waals surface area (Å²) in [5, 5.41) is 3.82. The fourth-order valence-corrected chi connectivity index (χ4v) is 5.40. The van der Waals surface area contributed by atoms with Crippen LogP contribution >= 0.6 is 15.9 Å². The quantitative estimate of drug-likeness (QED) is 0.583. The highest BCUT2D eigenvalue weighted by molar-refractivity contribution is 9.10. The van der Waals surface area contributed by atoms with Crippen LogP contribution in [0.25, 0.3) is 11.0 Å². The summed E-state index contributed by atoms with van der Waals surface area (Å²) < 4.78 is 15.6. The fourth-order valence-electron chi connectivity index (χ4n) is 5.07. The molecule has 2 aliphatic rings. The Labute approximate surface area is 187 Å². The molecule has 3 aromatic rings. The average molecular weight is 484 g/mol. The Morgan fingerprint density at radius 2 is 2.00 bits per heavy atom. The van der Waals surface area contributed by atoms with Crippen molar-refractivity contribution in [2.24, 2.45) is 5.41 Å². The maximum atomic E-state index is 13.5. The third-order valence-electron chi connectivity index (χ3n) is 6.92. The Morgan fingerprint density at radius 1 is 1.29 bits per heavy atom. The van der Waals surface area contributed by atoms with Crippen LogP contribution in [0, 0.1) is 18.2 Å². The first-order valence-electron chi connectivity index (χ1n) is 10.6. The van der Waals surface area contributed by atoms with E-state index in [1.807, 2.05) is 6.07 Å². The van der Waals surface area contributed by atoms with Gasteiger partial charge in [0, 0.05) is 22.1 Å². The zero-order valence-electron chi connectivity index (χ0n) is 17.3. The zero-order chi connectivity index (χ0) is 21.8. The summed E-state index contributed by atoms with van der Waals surface area (Å²) in [6.45, 7) is 2.00. The SMILES string of the molecule is Cc1c(C(=O)NC2CC3(CCC3)C2)c(=O)n(Cc2ccc(F)cc2)c2ncc(Br)cc12. The lowest BCUT2D eigenvalue weighted by Crippen LogP contribution is -2.54. The smallest absolute Gasteiger partial charge is 0.265 e. The lowest BCUT2D eigenvalue weighted by Gasteiger charge is -2.54. The van der Waals surface area contributed by atoms with Crippen molar-refractivity contribution in [1.29, 1.82) is 0 Å². The van der Waals surface area contributed by atoms with Crippen molar-refractivity contribution >= 4 is 32.9 Å². The lowest BCUT2D eigenvalue weighted by atomic mass is 9.54. The molecular weight excluding hydrogens is 461 g/mol.